The molecule has 0 bridgehead atoms. The van der Waals surface area contributed by atoms with E-state index in [-0.39, 0.29) is 36.5 Å². The average molecular weight is 485 g/mol. The topological polar surface area (TPSA) is 40.5 Å². The van der Waals surface area contributed by atoms with Crippen LogP contribution in [0.3, 0.4) is 0 Å². The summed E-state index contributed by atoms with van der Waals surface area (Å²) >= 11 is 0. The molecule has 33 heavy (non-hydrogen) atoms. The van der Waals surface area contributed by atoms with Crippen LogP contribution in [0.15, 0.2) is 0 Å². The molecule has 4 rings (SSSR count). The number of hydrogen-bond donors (Lipinski definition) is 2. The fourth-order valence-electron chi connectivity index (χ4n) is 8.61. The normalized spacial score (nSPS) is 44.6. The Balaban J connectivity index is 1.34. The molecule has 4 aliphatic carbocycles. The van der Waals surface area contributed by atoms with Crippen LogP contribution in [0.1, 0.15) is 90.4 Å². The fraction of sp³-hybridized carbons (Fsp3) is 1.00. The minimum atomic E-state index is -4.56. The Morgan fingerprint density at radius 1 is 0.848 bits per heavy atom. The highest BCUT2D eigenvalue weighted by Crippen LogP contribution is 2.65. The lowest BCUT2D eigenvalue weighted by atomic mass is 9.49. The number of halogens is 6. The second kappa shape index (κ2) is 8.86. The van der Waals surface area contributed by atoms with Crippen molar-refractivity contribution >= 4 is 0 Å². The van der Waals surface area contributed by atoms with Crippen LogP contribution in [0.5, 0.6) is 0 Å². The highest BCUT2D eigenvalue weighted by atomic mass is 19.4. The van der Waals surface area contributed by atoms with E-state index >= 15 is 0 Å². The third-order valence-corrected chi connectivity index (χ3v) is 10.4. The lowest BCUT2D eigenvalue weighted by Crippen LogP contribution is -2.55. The highest BCUT2D eigenvalue weighted by molar-refractivity contribution is 5.07. The summed E-state index contributed by atoms with van der Waals surface area (Å²) in [7, 11) is 0. The largest absolute Gasteiger partial charge is 0.417 e. The van der Waals surface area contributed by atoms with Gasteiger partial charge in [0.2, 0.25) is 0 Å². The first-order chi connectivity index (χ1) is 15.3. The van der Waals surface area contributed by atoms with Gasteiger partial charge < -0.3 is 10.2 Å². The minimum absolute atomic E-state index is 0.0479. The second-order valence-electron chi connectivity index (χ2n) is 11.9. The molecule has 4 fully saturated rings. The molecule has 0 aromatic heterocycles. The van der Waals surface area contributed by atoms with Gasteiger partial charge in [0, 0.05) is 0 Å². The zero-order valence-electron chi connectivity index (χ0n) is 19.4. The molecule has 8 heteroatoms. The fourth-order valence-corrected chi connectivity index (χ4v) is 8.61. The van der Waals surface area contributed by atoms with Crippen molar-refractivity contribution in [2.45, 2.75) is 114 Å². The van der Waals surface area contributed by atoms with E-state index in [9.17, 15) is 36.6 Å². The maximum Gasteiger partial charge on any atom is 0.417 e. The number of aliphatic hydroxyl groups is 2. The quantitative estimate of drug-likeness (QED) is 0.325. The molecular formula is C25H38F6O2. The van der Waals surface area contributed by atoms with Crippen LogP contribution >= 0.6 is 0 Å². The molecule has 2 nitrogen and oxygen atoms in total. The van der Waals surface area contributed by atoms with Crippen molar-refractivity contribution in [3.8, 4) is 0 Å². The molecule has 0 radical (unpaired) electrons. The van der Waals surface area contributed by atoms with Crippen LogP contribution in [0, 0.1) is 40.9 Å². The zero-order chi connectivity index (χ0) is 24.2. The average Bonchev–Trinajstić information content (AvgIpc) is 3.05. The van der Waals surface area contributed by atoms with E-state index < -0.39 is 24.1 Å². The summed E-state index contributed by atoms with van der Waals surface area (Å²) in [5.74, 6) is 2.23. The van der Waals surface area contributed by atoms with Gasteiger partial charge in [-0.2, -0.15) is 26.3 Å². The van der Waals surface area contributed by atoms with Gasteiger partial charge in [0.05, 0.1) is 0 Å². The molecule has 0 spiro atoms. The van der Waals surface area contributed by atoms with Crippen LogP contribution in [0.25, 0.3) is 0 Å². The number of rotatable bonds is 5. The van der Waals surface area contributed by atoms with Gasteiger partial charge in [-0.1, -0.05) is 19.8 Å². The Labute approximate surface area is 192 Å². The molecule has 0 saturated heterocycles. The van der Waals surface area contributed by atoms with Gasteiger partial charge in [-0.3, -0.25) is 0 Å². The molecule has 4 aliphatic rings. The third kappa shape index (κ3) is 4.68. The summed E-state index contributed by atoms with van der Waals surface area (Å²) in [6.45, 7) is 2.34. The molecule has 0 heterocycles. The Hall–Kier alpha value is -0.500. The lowest BCUT2D eigenvalue weighted by Gasteiger charge is -2.57. The van der Waals surface area contributed by atoms with Crippen LogP contribution < -0.4 is 0 Å². The smallest absolute Gasteiger partial charge is 0.384 e. The van der Waals surface area contributed by atoms with Crippen LogP contribution in [-0.2, 0) is 0 Å². The molecular weight excluding hydrogens is 446 g/mol. The van der Waals surface area contributed by atoms with Crippen molar-refractivity contribution in [1.29, 1.82) is 0 Å². The first kappa shape index (κ1) is 25.6. The van der Waals surface area contributed by atoms with Crippen molar-refractivity contribution < 1.29 is 36.6 Å². The van der Waals surface area contributed by atoms with Crippen molar-refractivity contribution in [3.05, 3.63) is 0 Å². The number of hydrogen-bond acceptors (Lipinski definition) is 2. The SMILES string of the molecule is C[C@]12CC[C@H]3[C@@H](CC[C@H]4C[C@](O)(C(F)(F)F)CC[C@@H]43)[C@@H]1CC[C@@H]2CCCC[C@@H](O)C(F)(F)F. The number of fused-ring (bicyclic) bond motifs is 5. The molecule has 192 valence electrons. The predicted molar refractivity (Wildman–Crippen MR) is 112 cm³/mol. The van der Waals surface area contributed by atoms with Gasteiger partial charge in [-0.05, 0) is 112 Å². The van der Waals surface area contributed by atoms with Crippen LogP contribution in [-0.4, -0.2) is 34.3 Å². The molecule has 2 N–H and O–H groups in total. The second-order valence-corrected chi connectivity index (χ2v) is 11.9. The maximum absolute atomic E-state index is 13.4. The maximum atomic E-state index is 13.4. The summed E-state index contributed by atoms with van der Waals surface area (Å²) < 4.78 is 77.7. The molecule has 9 atom stereocenters. The monoisotopic (exact) mass is 484 g/mol. The van der Waals surface area contributed by atoms with E-state index in [4.69, 9.17) is 0 Å². The molecule has 0 unspecified atom stereocenters. The van der Waals surface area contributed by atoms with E-state index in [1.807, 2.05) is 0 Å². The van der Waals surface area contributed by atoms with Gasteiger partial charge >= 0.3 is 12.4 Å². The van der Waals surface area contributed by atoms with E-state index in [1.165, 1.54) is 0 Å². The number of unbranched alkanes of at least 4 members (excludes halogenated alkanes) is 1. The van der Waals surface area contributed by atoms with Gasteiger partial charge in [0.1, 0.15) is 6.10 Å². The Morgan fingerprint density at radius 3 is 2.21 bits per heavy atom. The molecule has 0 aromatic rings. The Morgan fingerprint density at radius 2 is 1.55 bits per heavy atom. The van der Waals surface area contributed by atoms with Gasteiger partial charge in [-0.15, -0.1) is 0 Å². The van der Waals surface area contributed by atoms with Crippen molar-refractivity contribution in [1.82, 2.24) is 0 Å². The molecule has 0 aliphatic heterocycles. The van der Waals surface area contributed by atoms with Crippen LogP contribution in [0.4, 0.5) is 26.3 Å². The van der Waals surface area contributed by atoms with Crippen molar-refractivity contribution in [3.63, 3.8) is 0 Å². The Bertz CT molecular complexity index is 693. The summed E-state index contributed by atoms with van der Waals surface area (Å²) in [4.78, 5) is 0. The third-order valence-electron chi connectivity index (χ3n) is 10.4. The van der Waals surface area contributed by atoms with Gasteiger partial charge in [0.15, 0.2) is 5.60 Å². The van der Waals surface area contributed by atoms with Crippen molar-refractivity contribution in [2.75, 3.05) is 0 Å². The summed E-state index contributed by atoms with van der Waals surface area (Å²) in [5, 5.41) is 19.5. The molecule has 4 saturated carbocycles. The van der Waals surface area contributed by atoms with Gasteiger partial charge in [-0.25, -0.2) is 0 Å². The van der Waals surface area contributed by atoms with Gasteiger partial charge in [0.25, 0.3) is 0 Å². The highest BCUT2D eigenvalue weighted by Gasteiger charge is 2.61. The van der Waals surface area contributed by atoms with E-state index in [1.54, 1.807) is 0 Å². The summed E-state index contributed by atoms with van der Waals surface area (Å²) in [5.41, 5.74) is -2.36. The lowest BCUT2D eigenvalue weighted by molar-refractivity contribution is -0.282. The Kier molecular flexibility index (Phi) is 6.87. The van der Waals surface area contributed by atoms with E-state index in [2.05, 4.69) is 6.92 Å². The van der Waals surface area contributed by atoms with Crippen molar-refractivity contribution in [2.24, 2.45) is 40.9 Å². The molecule has 0 aromatic carbocycles. The summed E-state index contributed by atoms with van der Waals surface area (Å²) in [6, 6.07) is 0. The van der Waals surface area contributed by atoms with E-state index in [0.29, 0.717) is 42.9 Å². The van der Waals surface area contributed by atoms with E-state index in [0.717, 1.165) is 44.9 Å². The minimum Gasteiger partial charge on any atom is -0.384 e. The standard InChI is InChI=1S/C25H38F6O2/c1-22-12-10-18-17-11-13-23(33,25(29,30)31)14-15(17)6-8-19(18)20(22)9-7-16(22)4-2-3-5-21(32)24(26,27)28/h15-21,32-33H,2-14H2,1H3/t15-,16-,17-,18+,19+,20-,21+,22+,23-/m0/s1. The number of aliphatic hydroxyl groups excluding tert-OH is 1. The predicted octanol–water partition coefficient (Wildman–Crippen LogP) is 7.03. The first-order valence-corrected chi connectivity index (χ1v) is 12.8. The first-order valence-electron chi connectivity index (χ1n) is 12.8. The molecule has 0 amide bonds. The zero-order valence-corrected chi connectivity index (χ0v) is 19.4. The summed E-state index contributed by atoms with van der Waals surface area (Å²) in [6.07, 6.45) is -3.57. The number of alkyl halides is 6. The van der Waals surface area contributed by atoms with Crippen LogP contribution in [0.2, 0.25) is 0 Å².